The number of hydrazine groups is 1. The van der Waals surface area contributed by atoms with E-state index in [4.69, 9.17) is 0 Å². The molecule has 1 amide bonds. The number of pyridine rings is 1. The Balaban J connectivity index is 1.51. The van der Waals surface area contributed by atoms with Crippen LogP contribution in [0.4, 0.5) is 5.95 Å². The van der Waals surface area contributed by atoms with Crippen LogP contribution in [0.5, 0.6) is 0 Å². The van der Waals surface area contributed by atoms with Crippen LogP contribution in [-0.4, -0.2) is 25.2 Å². The van der Waals surface area contributed by atoms with Crippen molar-refractivity contribution in [1.29, 1.82) is 0 Å². The number of hydrogen-bond acceptors (Lipinski definition) is 5. The Morgan fingerprint density at radius 1 is 0.867 bits per heavy atom. The first-order valence-corrected chi connectivity index (χ1v) is 9.49. The van der Waals surface area contributed by atoms with Gasteiger partial charge in [0.05, 0.1) is 5.69 Å². The Kier molecular flexibility index (Phi) is 5.66. The Bertz CT molecular complexity index is 1180. The van der Waals surface area contributed by atoms with Gasteiger partial charge < -0.3 is 4.57 Å². The summed E-state index contributed by atoms with van der Waals surface area (Å²) >= 11 is 0. The van der Waals surface area contributed by atoms with Crippen LogP contribution in [-0.2, 0) is 11.3 Å². The number of amides is 1. The van der Waals surface area contributed by atoms with Gasteiger partial charge in [0.15, 0.2) is 5.82 Å². The van der Waals surface area contributed by atoms with Gasteiger partial charge in [-0.05, 0) is 18.2 Å². The second kappa shape index (κ2) is 8.87. The maximum atomic E-state index is 12.3. The first-order valence-electron chi connectivity index (χ1n) is 9.49. The molecule has 0 radical (unpaired) electrons. The molecule has 30 heavy (non-hydrogen) atoms. The van der Waals surface area contributed by atoms with Crippen molar-refractivity contribution in [2.75, 3.05) is 5.43 Å². The summed E-state index contributed by atoms with van der Waals surface area (Å²) in [5.74, 6) is 0.759. The minimum Gasteiger partial charge on any atom is -0.315 e. The molecular weight excluding hydrogens is 380 g/mol. The number of aryl methyl sites for hydroxylation is 1. The minimum atomic E-state index is -0.269. The Labute approximate surface area is 172 Å². The van der Waals surface area contributed by atoms with Crippen molar-refractivity contribution < 1.29 is 4.79 Å². The maximum absolute atomic E-state index is 12.3. The predicted octanol–water partition coefficient (Wildman–Crippen LogP) is 2.63. The zero-order valence-corrected chi connectivity index (χ0v) is 16.1. The fourth-order valence-electron chi connectivity index (χ4n) is 3.02. The summed E-state index contributed by atoms with van der Waals surface area (Å²) in [5.41, 5.74) is 7.10. The van der Waals surface area contributed by atoms with Gasteiger partial charge in [0.25, 0.3) is 5.56 Å². The topological polar surface area (TPSA) is 93.8 Å². The van der Waals surface area contributed by atoms with E-state index in [1.807, 2.05) is 65.2 Å². The van der Waals surface area contributed by atoms with E-state index in [-0.39, 0.29) is 24.4 Å². The summed E-state index contributed by atoms with van der Waals surface area (Å²) in [7, 11) is 0. The molecule has 0 bridgehead atoms. The van der Waals surface area contributed by atoms with Crippen molar-refractivity contribution >= 4 is 11.9 Å². The molecule has 2 N–H and O–H groups in total. The molecule has 0 aliphatic carbocycles. The Morgan fingerprint density at radius 2 is 1.57 bits per heavy atom. The second-order valence-corrected chi connectivity index (χ2v) is 6.54. The van der Waals surface area contributed by atoms with Crippen molar-refractivity contribution in [3.05, 3.63) is 95.4 Å². The molecule has 8 nitrogen and oxygen atoms in total. The van der Waals surface area contributed by atoms with Crippen LogP contribution in [0.25, 0.3) is 17.1 Å². The molecule has 0 unspecified atom stereocenters. The number of anilines is 1. The van der Waals surface area contributed by atoms with Crippen molar-refractivity contribution in [2.24, 2.45) is 0 Å². The average molecular weight is 400 g/mol. The molecule has 4 rings (SSSR count). The molecule has 8 heteroatoms. The summed E-state index contributed by atoms with van der Waals surface area (Å²) in [6.45, 7) is 0.286. The van der Waals surface area contributed by atoms with Crippen molar-refractivity contribution in [3.63, 3.8) is 0 Å². The van der Waals surface area contributed by atoms with Gasteiger partial charge in [-0.1, -0.05) is 54.6 Å². The lowest BCUT2D eigenvalue weighted by Gasteiger charge is -2.12. The van der Waals surface area contributed by atoms with E-state index in [0.717, 1.165) is 11.3 Å². The first kappa shape index (κ1) is 19.1. The van der Waals surface area contributed by atoms with Gasteiger partial charge >= 0.3 is 0 Å². The summed E-state index contributed by atoms with van der Waals surface area (Å²) in [6, 6.07) is 24.2. The standard InChI is InChI=1S/C22H20N6O2/c29-19(14-16-27-15-8-7-13-20(27)30)23-25-22-26-24-21(17-9-3-1-4-10-17)28(22)18-11-5-2-6-12-18/h1-13,15H,14,16H2,(H,23,29)(H,25,26). The van der Waals surface area contributed by atoms with Crippen molar-refractivity contribution in [3.8, 4) is 17.1 Å². The molecular formula is C22H20N6O2. The lowest BCUT2D eigenvalue weighted by atomic mass is 10.2. The molecule has 4 aromatic rings. The van der Waals surface area contributed by atoms with E-state index >= 15 is 0 Å². The minimum absolute atomic E-state index is 0.141. The monoisotopic (exact) mass is 400 g/mol. The smallest absolute Gasteiger partial charge is 0.250 e. The highest BCUT2D eigenvalue weighted by Gasteiger charge is 2.16. The van der Waals surface area contributed by atoms with Gasteiger partial charge in [-0.25, -0.2) is 0 Å². The molecule has 2 aromatic carbocycles. The highest BCUT2D eigenvalue weighted by atomic mass is 16.2. The average Bonchev–Trinajstić information content (AvgIpc) is 3.22. The molecule has 0 fully saturated rings. The molecule has 0 atom stereocenters. The van der Waals surface area contributed by atoms with Gasteiger partial charge in [0.1, 0.15) is 0 Å². The predicted molar refractivity (Wildman–Crippen MR) is 114 cm³/mol. The van der Waals surface area contributed by atoms with E-state index in [2.05, 4.69) is 21.0 Å². The first-order chi connectivity index (χ1) is 14.7. The lowest BCUT2D eigenvalue weighted by molar-refractivity contribution is -0.120. The molecule has 0 saturated carbocycles. The van der Waals surface area contributed by atoms with Crippen LogP contribution in [0.15, 0.2) is 89.9 Å². The van der Waals surface area contributed by atoms with Crippen LogP contribution in [0.3, 0.4) is 0 Å². The number of hydrogen-bond donors (Lipinski definition) is 2. The number of aromatic nitrogens is 4. The lowest BCUT2D eigenvalue weighted by Crippen LogP contribution is -2.32. The van der Waals surface area contributed by atoms with Crippen molar-refractivity contribution in [2.45, 2.75) is 13.0 Å². The molecule has 0 spiro atoms. The zero-order valence-electron chi connectivity index (χ0n) is 16.1. The van der Waals surface area contributed by atoms with Gasteiger partial charge in [-0.3, -0.25) is 25.0 Å². The number of benzene rings is 2. The quantitative estimate of drug-likeness (QED) is 0.465. The molecule has 2 heterocycles. The number of nitrogens with one attached hydrogen (secondary N) is 2. The highest BCUT2D eigenvalue weighted by Crippen LogP contribution is 2.24. The molecule has 150 valence electrons. The molecule has 0 aliphatic heterocycles. The third kappa shape index (κ3) is 4.27. The number of rotatable bonds is 7. The SMILES string of the molecule is O=C(CCn1ccccc1=O)NNc1nnc(-c2ccccc2)n1-c1ccccc1. The molecule has 0 saturated heterocycles. The van der Waals surface area contributed by atoms with Crippen LogP contribution in [0.2, 0.25) is 0 Å². The highest BCUT2D eigenvalue weighted by molar-refractivity contribution is 5.77. The number of carbonyl (C=O) groups is 1. The number of carbonyl (C=O) groups excluding carboxylic acids is 1. The van der Waals surface area contributed by atoms with E-state index in [1.54, 1.807) is 18.3 Å². The van der Waals surface area contributed by atoms with E-state index in [0.29, 0.717) is 11.8 Å². The maximum Gasteiger partial charge on any atom is 0.250 e. The zero-order chi connectivity index (χ0) is 20.8. The largest absolute Gasteiger partial charge is 0.315 e. The van der Waals surface area contributed by atoms with Gasteiger partial charge in [-0.15, -0.1) is 10.2 Å². The number of para-hydroxylation sites is 1. The third-order valence-electron chi connectivity index (χ3n) is 4.50. The van der Waals surface area contributed by atoms with Gasteiger partial charge in [0.2, 0.25) is 11.9 Å². The summed E-state index contributed by atoms with van der Waals surface area (Å²) < 4.78 is 3.32. The van der Waals surface area contributed by atoms with Gasteiger partial charge in [0, 0.05) is 30.8 Å². The van der Waals surface area contributed by atoms with E-state index in [1.165, 1.54) is 10.6 Å². The summed E-state index contributed by atoms with van der Waals surface area (Å²) in [4.78, 5) is 24.0. The van der Waals surface area contributed by atoms with Crippen LogP contribution in [0.1, 0.15) is 6.42 Å². The van der Waals surface area contributed by atoms with E-state index in [9.17, 15) is 9.59 Å². The fraction of sp³-hybridized carbons (Fsp3) is 0.0909. The van der Waals surface area contributed by atoms with Crippen LogP contribution >= 0.6 is 0 Å². The van der Waals surface area contributed by atoms with E-state index < -0.39 is 0 Å². The Hall–Kier alpha value is -4.20. The normalized spacial score (nSPS) is 10.5. The van der Waals surface area contributed by atoms with Crippen molar-refractivity contribution in [1.82, 2.24) is 24.8 Å². The van der Waals surface area contributed by atoms with Crippen LogP contribution in [0, 0.1) is 0 Å². The summed E-state index contributed by atoms with van der Waals surface area (Å²) in [6.07, 6.45) is 1.79. The molecule has 2 aromatic heterocycles. The second-order valence-electron chi connectivity index (χ2n) is 6.54. The van der Waals surface area contributed by atoms with Crippen LogP contribution < -0.4 is 16.4 Å². The number of nitrogens with zero attached hydrogens (tertiary/aromatic N) is 4. The fourth-order valence-corrected chi connectivity index (χ4v) is 3.02. The summed E-state index contributed by atoms with van der Waals surface area (Å²) in [5, 5.41) is 8.50. The Morgan fingerprint density at radius 3 is 2.30 bits per heavy atom. The molecule has 0 aliphatic rings. The van der Waals surface area contributed by atoms with Gasteiger partial charge in [-0.2, -0.15) is 0 Å². The third-order valence-corrected chi connectivity index (χ3v) is 4.50.